The summed E-state index contributed by atoms with van der Waals surface area (Å²) in [4.78, 5) is 19.0. The SMILES string of the molecule is c1csc(-c2csc3nc(CN4CCOCC4)nc(NCc4ccc(-n5cccn5)nc4)c23)c1. The molecule has 10 heteroatoms. The summed E-state index contributed by atoms with van der Waals surface area (Å²) >= 11 is 3.41. The third kappa shape index (κ3) is 4.45. The Labute approximate surface area is 204 Å². The number of fused-ring (bicyclic) bond motifs is 1. The van der Waals surface area contributed by atoms with E-state index in [1.165, 1.54) is 10.4 Å². The quantitative estimate of drug-likeness (QED) is 0.362. The van der Waals surface area contributed by atoms with Gasteiger partial charge in [-0.2, -0.15) is 5.10 Å². The van der Waals surface area contributed by atoms with Crippen LogP contribution in [0.1, 0.15) is 11.4 Å². The van der Waals surface area contributed by atoms with Gasteiger partial charge in [-0.05, 0) is 29.1 Å². The van der Waals surface area contributed by atoms with Crippen LogP contribution in [0, 0.1) is 0 Å². The van der Waals surface area contributed by atoms with Crippen LogP contribution in [-0.2, 0) is 17.8 Å². The predicted molar refractivity (Wildman–Crippen MR) is 136 cm³/mol. The second-order valence-corrected chi connectivity index (χ2v) is 9.82. The van der Waals surface area contributed by atoms with E-state index in [1.54, 1.807) is 33.6 Å². The van der Waals surface area contributed by atoms with Crippen LogP contribution < -0.4 is 5.32 Å². The van der Waals surface area contributed by atoms with Crippen molar-refractivity contribution >= 4 is 38.7 Å². The third-order valence-electron chi connectivity index (χ3n) is 5.74. The molecule has 5 aromatic rings. The van der Waals surface area contributed by atoms with Crippen molar-refractivity contribution in [3.05, 3.63) is 71.1 Å². The second kappa shape index (κ2) is 9.59. The molecule has 172 valence electrons. The van der Waals surface area contributed by atoms with Gasteiger partial charge in [-0.15, -0.1) is 22.7 Å². The normalized spacial score (nSPS) is 14.6. The molecule has 0 saturated carbocycles. The number of aromatic nitrogens is 5. The Morgan fingerprint density at radius 2 is 2.00 bits per heavy atom. The molecule has 1 N–H and O–H groups in total. The molecule has 1 saturated heterocycles. The summed E-state index contributed by atoms with van der Waals surface area (Å²) in [6.07, 6.45) is 5.51. The molecule has 0 unspecified atom stereocenters. The van der Waals surface area contributed by atoms with Crippen LogP contribution in [0.4, 0.5) is 5.82 Å². The molecule has 0 aromatic carbocycles. The van der Waals surface area contributed by atoms with Crippen molar-refractivity contribution in [2.45, 2.75) is 13.1 Å². The second-order valence-electron chi connectivity index (χ2n) is 8.01. The first-order valence-corrected chi connectivity index (χ1v) is 12.9. The molecule has 0 bridgehead atoms. The van der Waals surface area contributed by atoms with E-state index in [0.29, 0.717) is 6.54 Å². The molecule has 1 fully saturated rings. The molecule has 1 aliphatic rings. The number of pyridine rings is 1. The fourth-order valence-corrected chi connectivity index (χ4v) is 5.78. The van der Waals surface area contributed by atoms with Gasteiger partial charge in [0.25, 0.3) is 0 Å². The summed E-state index contributed by atoms with van der Waals surface area (Å²) in [6.45, 7) is 4.68. The van der Waals surface area contributed by atoms with Crippen LogP contribution >= 0.6 is 22.7 Å². The van der Waals surface area contributed by atoms with Crippen LogP contribution in [0.15, 0.2) is 59.7 Å². The van der Waals surface area contributed by atoms with E-state index in [9.17, 15) is 0 Å². The molecule has 0 atom stereocenters. The highest BCUT2D eigenvalue weighted by Gasteiger charge is 2.18. The molecular formula is C24H23N7OS2. The van der Waals surface area contributed by atoms with E-state index >= 15 is 0 Å². The topological polar surface area (TPSA) is 81.0 Å². The Bertz CT molecular complexity index is 1360. The van der Waals surface area contributed by atoms with Gasteiger partial charge in [-0.3, -0.25) is 4.90 Å². The largest absolute Gasteiger partial charge is 0.379 e. The van der Waals surface area contributed by atoms with Crippen molar-refractivity contribution in [3.63, 3.8) is 0 Å². The van der Waals surface area contributed by atoms with Crippen molar-refractivity contribution in [1.29, 1.82) is 0 Å². The molecule has 0 radical (unpaired) electrons. The Morgan fingerprint density at radius 1 is 1.06 bits per heavy atom. The molecule has 5 aromatic heterocycles. The minimum atomic E-state index is 0.620. The lowest BCUT2D eigenvalue weighted by Crippen LogP contribution is -2.36. The molecule has 6 rings (SSSR count). The average Bonchev–Trinajstić information content (AvgIpc) is 3.65. The van der Waals surface area contributed by atoms with Gasteiger partial charge >= 0.3 is 0 Å². The number of ether oxygens (including phenoxy) is 1. The third-order valence-corrected chi connectivity index (χ3v) is 7.52. The maximum Gasteiger partial charge on any atom is 0.153 e. The first-order valence-electron chi connectivity index (χ1n) is 11.1. The van der Waals surface area contributed by atoms with Gasteiger partial charge < -0.3 is 10.1 Å². The number of hydrogen-bond donors (Lipinski definition) is 1. The summed E-state index contributed by atoms with van der Waals surface area (Å²) in [7, 11) is 0. The Balaban J connectivity index is 1.30. The highest BCUT2D eigenvalue weighted by molar-refractivity contribution is 7.18. The minimum absolute atomic E-state index is 0.620. The number of thiophene rings is 2. The molecule has 8 nitrogen and oxygen atoms in total. The summed E-state index contributed by atoms with van der Waals surface area (Å²) in [5.74, 6) is 2.50. The van der Waals surface area contributed by atoms with E-state index in [2.05, 4.69) is 49.3 Å². The Kier molecular flexibility index (Phi) is 6.02. The maximum absolute atomic E-state index is 5.49. The fourth-order valence-electron chi connectivity index (χ4n) is 4.00. The first-order chi connectivity index (χ1) is 16.8. The highest BCUT2D eigenvalue weighted by Crippen LogP contribution is 2.39. The van der Waals surface area contributed by atoms with Crippen molar-refractivity contribution < 1.29 is 4.74 Å². The van der Waals surface area contributed by atoms with E-state index in [0.717, 1.165) is 66.1 Å². The van der Waals surface area contributed by atoms with Crippen LogP contribution in [0.5, 0.6) is 0 Å². The monoisotopic (exact) mass is 489 g/mol. The summed E-state index contributed by atoms with van der Waals surface area (Å²) in [6, 6.07) is 10.2. The smallest absolute Gasteiger partial charge is 0.153 e. The summed E-state index contributed by atoms with van der Waals surface area (Å²) < 4.78 is 7.24. The Hall–Kier alpha value is -3.18. The van der Waals surface area contributed by atoms with E-state index in [4.69, 9.17) is 14.7 Å². The molecule has 0 amide bonds. The molecular weight excluding hydrogens is 466 g/mol. The number of morpholine rings is 1. The van der Waals surface area contributed by atoms with Crippen molar-refractivity contribution in [2.24, 2.45) is 0 Å². The molecule has 0 aliphatic carbocycles. The molecule has 6 heterocycles. The molecule has 1 aliphatic heterocycles. The fraction of sp³-hybridized carbons (Fsp3) is 0.250. The zero-order valence-corrected chi connectivity index (χ0v) is 20.1. The van der Waals surface area contributed by atoms with Gasteiger partial charge in [0.2, 0.25) is 0 Å². The van der Waals surface area contributed by atoms with Gasteiger partial charge in [0.05, 0.1) is 25.1 Å². The lowest BCUT2D eigenvalue weighted by Gasteiger charge is -2.25. The zero-order chi connectivity index (χ0) is 22.7. The lowest BCUT2D eigenvalue weighted by molar-refractivity contribution is 0.0331. The Morgan fingerprint density at radius 3 is 2.76 bits per heavy atom. The van der Waals surface area contributed by atoms with Crippen LogP contribution in [-0.4, -0.2) is 55.9 Å². The maximum atomic E-state index is 5.49. The van der Waals surface area contributed by atoms with E-state index in [-0.39, 0.29) is 0 Å². The van der Waals surface area contributed by atoms with Crippen molar-refractivity contribution in [2.75, 3.05) is 31.6 Å². The van der Waals surface area contributed by atoms with Gasteiger partial charge in [0, 0.05) is 54.0 Å². The minimum Gasteiger partial charge on any atom is -0.379 e. The van der Waals surface area contributed by atoms with Crippen molar-refractivity contribution in [1.82, 2.24) is 29.6 Å². The number of hydrogen-bond acceptors (Lipinski definition) is 9. The zero-order valence-electron chi connectivity index (χ0n) is 18.4. The number of rotatable bonds is 7. The number of nitrogens with one attached hydrogen (secondary N) is 1. The standard InChI is InChI=1S/C24H23N7OS2/c1-3-19(33-12-1)18-16-34-24-22(18)23(28-20(29-24)15-30-8-10-32-11-9-30)26-14-17-4-5-21(25-13-17)31-7-2-6-27-31/h1-7,12-13,16H,8-11,14-15H2,(H,26,28,29). The molecule has 34 heavy (non-hydrogen) atoms. The van der Waals surface area contributed by atoms with Crippen LogP contribution in [0.25, 0.3) is 26.5 Å². The average molecular weight is 490 g/mol. The van der Waals surface area contributed by atoms with E-state index < -0.39 is 0 Å². The van der Waals surface area contributed by atoms with Gasteiger partial charge in [0.1, 0.15) is 16.5 Å². The number of nitrogens with zero attached hydrogens (tertiary/aromatic N) is 6. The molecule has 0 spiro atoms. The first kappa shape index (κ1) is 21.4. The van der Waals surface area contributed by atoms with Crippen molar-refractivity contribution in [3.8, 4) is 16.3 Å². The number of anilines is 1. The van der Waals surface area contributed by atoms with Crippen LogP contribution in [0.2, 0.25) is 0 Å². The van der Waals surface area contributed by atoms with Crippen LogP contribution in [0.3, 0.4) is 0 Å². The van der Waals surface area contributed by atoms with Gasteiger partial charge in [0.15, 0.2) is 5.82 Å². The van der Waals surface area contributed by atoms with Gasteiger partial charge in [-0.1, -0.05) is 12.1 Å². The van der Waals surface area contributed by atoms with E-state index in [1.807, 2.05) is 24.5 Å². The van der Waals surface area contributed by atoms with Gasteiger partial charge in [-0.25, -0.2) is 19.6 Å². The summed E-state index contributed by atoms with van der Waals surface area (Å²) in [5, 5.41) is 13.2. The predicted octanol–water partition coefficient (Wildman–Crippen LogP) is 4.44. The lowest BCUT2D eigenvalue weighted by atomic mass is 10.2. The summed E-state index contributed by atoms with van der Waals surface area (Å²) in [5.41, 5.74) is 2.26. The highest BCUT2D eigenvalue weighted by atomic mass is 32.1.